The number of anilines is 3. The first kappa shape index (κ1) is 27.1. The van der Waals surface area contributed by atoms with Crippen molar-refractivity contribution in [1.82, 2.24) is 0 Å². The molecule has 186 valence electrons. The molecule has 3 aromatic rings. The number of amides is 1. The van der Waals surface area contributed by atoms with Crippen LogP contribution in [0.2, 0.25) is 15.1 Å². The summed E-state index contributed by atoms with van der Waals surface area (Å²) in [5, 5.41) is 3.55. The molecular weight excluding hydrogens is 557 g/mol. The fourth-order valence-electron chi connectivity index (χ4n) is 3.19. The van der Waals surface area contributed by atoms with Gasteiger partial charge in [0.25, 0.3) is 10.0 Å². The molecule has 0 aliphatic rings. The zero-order chi connectivity index (χ0) is 26.0. The van der Waals surface area contributed by atoms with Crippen LogP contribution in [-0.4, -0.2) is 35.0 Å². The van der Waals surface area contributed by atoms with Gasteiger partial charge in [0.15, 0.2) is 0 Å². The summed E-state index contributed by atoms with van der Waals surface area (Å²) in [5.41, 5.74) is 0.737. The Bertz CT molecular complexity index is 1430. The van der Waals surface area contributed by atoms with Crippen LogP contribution in [0.4, 0.5) is 17.1 Å². The maximum absolute atomic E-state index is 12.8. The van der Waals surface area contributed by atoms with E-state index >= 15 is 0 Å². The van der Waals surface area contributed by atoms with Crippen LogP contribution in [-0.2, 0) is 24.8 Å². The van der Waals surface area contributed by atoms with Crippen LogP contribution in [0.15, 0.2) is 71.6 Å². The van der Waals surface area contributed by atoms with Crippen LogP contribution in [0, 0.1) is 0 Å². The van der Waals surface area contributed by atoms with E-state index in [1.54, 1.807) is 0 Å². The molecule has 0 spiro atoms. The number of halogens is 3. The molecule has 0 radical (unpaired) electrons. The second kappa shape index (κ2) is 10.6. The SMILES string of the molecule is C[C@H](C(=O)Nc1ccc(S(=O)(=O)Nc2cc(Cl)cc(Cl)c2)cc1)N(c1ccc(Cl)cc1)S(C)(=O)=O. The topological polar surface area (TPSA) is 113 Å². The van der Waals surface area contributed by atoms with Crippen molar-refractivity contribution in [2.24, 2.45) is 0 Å². The van der Waals surface area contributed by atoms with E-state index < -0.39 is 32.0 Å². The van der Waals surface area contributed by atoms with Gasteiger partial charge in [0.1, 0.15) is 6.04 Å². The molecule has 3 aromatic carbocycles. The molecule has 0 bridgehead atoms. The molecule has 2 N–H and O–H groups in total. The lowest BCUT2D eigenvalue weighted by Crippen LogP contribution is -2.45. The van der Waals surface area contributed by atoms with E-state index in [0.717, 1.165) is 10.6 Å². The Balaban J connectivity index is 1.76. The lowest BCUT2D eigenvalue weighted by atomic mass is 10.2. The van der Waals surface area contributed by atoms with Crippen molar-refractivity contribution >= 4 is 77.8 Å². The fourth-order valence-corrected chi connectivity index (χ4v) is 6.06. The molecule has 35 heavy (non-hydrogen) atoms. The third-order valence-corrected chi connectivity index (χ3v) is 8.04. The van der Waals surface area contributed by atoms with Crippen LogP contribution in [0.25, 0.3) is 0 Å². The van der Waals surface area contributed by atoms with Gasteiger partial charge in [0, 0.05) is 20.8 Å². The number of sulfonamides is 2. The number of nitrogens with one attached hydrogen (secondary N) is 2. The number of hydrogen-bond donors (Lipinski definition) is 2. The maximum Gasteiger partial charge on any atom is 0.261 e. The molecule has 0 saturated heterocycles. The molecule has 0 aromatic heterocycles. The Kier molecular flexibility index (Phi) is 8.23. The lowest BCUT2D eigenvalue weighted by Gasteiger charge is -2.28. The van der Waals surface area contributed by atoms with Crippen molar-refractivity contribution in [1.29, 1.82) is 0 Å². The zero-order valence-electron chi connectivity index (χ0n) is 18.4. The van der Waals surface area contributed by atoms with Crippen LogP contribution in [0.3, 0.4) is 0 Å². The number of carbonyl (C=O) groups excluding carboxylic acids is 1. The molecular formula is C22H20Cl3N3O5S2. The summed E-state index contributed by atoms with van der Waals surface area (Å²) < 4.78 is 53.5. The minimum absolute atomic E-state index is 0.0708. The predicted molar refractivity (Wildman–Crippen MR) is 141 cm³/mol. The largest absolute Gasteiger partial charge is 0.324 e. The number of rotatable bonds is 8. The Labute approximate surface area is 218 Å². The summed E-state index contributed by atoms with van der Waals surface area (Å²) in [6.45, 7) is 1.43. The van der Waals surface area contributed by atoms with Crippen molar-refractivity contribution in [2.45, 2.75) is 17.9 Å². The normalized spacial score (nSPS) is 12.6. The lowest BCUT2D eigenvalue weighted by molar-refractivity contribution is -0.116. The van der Waals surface area contributed by atoms with E-state index in [4.69, 9.17) is 34.8 Å². The van der Waals surface area contributed by atoms with E-state index in [1.165, 1.54) is 73.7 Å². The number of hydrogen-bond acceptors (Lipinski definition) is 5. The van der Waals surface area contributed by atoms with Gasteiger partial charge >= 0.3 is 0 Å². The van der Waals surface area contributed by atoms with E-state index in [-0.39, 0.29) is 32.0 Å². The first-order valence-electron chi connectivity index (χ1n) is 9.91. The van der Waals surface area contributed by atoms with Gasteiger partial charge in [-0.15, -0.1) is 0 Å². The monoisotopic (exact) mass is 575 g/mol. The molecule has 8 nitrogen and oxygen atoms in total. The Morgan fingerprint density at radius 2 is 1.34 bits per heavy atom. The Morgan fingerprint density at radius 3 is 1.86 bits per heavy atom. The van der Waals surface area contributed by atoms with Crippen molar-refractivity contribution in [2.75, 3.05) is 20.6 Å². The van der Waals surface area contributed by atoms with Gasteiger partial charge < -0.3 is 5.32 Å². The highest BCUT2D eigenvalue weighted by atomic mass is 35.5. The van der Waals surface area contributed by atoms with Gasteiger partial charge in [-0.3, -0.25) is 13.8 Å². The first-order valence-corrected chi connectivity index (χ1v) is 14.4. The molecule has 0 heterocycles. The fraction of sp³-hybridized carbons (Fsp3) is 0.136. The van der Waals surface area contributed by atoms with E-state index in [0.29, 0.717) is 5.02 Å². The van der Waals surface area contributed by atoms with Crippen molar-refractivity contribution in [3.63, 3.8) is 0 Å². The van der Waals surface area contributed by atoms with E-state index in [1.807, 2.05) is 0 Å². The molecule has 0 aliphatic carbocycles. The van der Waals surface area contributed by atoms with Gasteiger partial charge in [-0.2, -0.15) is 0 Å². The molecule has 0 fully saturated rings. The minimum Gasteiger partial charge on any atom is -0.324 e. The minimum atomic E-state index is -3.96. The summed E-state index contributed by atoms with van der Waals surface area (Å²) in [5.74, 6) is -0.618. The van der Waals surface area contributed by atoms with Crippen molar-refractivity contribution in [3.8, 4) is 0 Å². The molecule has 13 heteroatoms. The quantitative estimate of drug-likeness (QED) is 0.381. The number of carbonyl (C=O) groups is 1. The molecule has 0 aliphatic heterocycles. The standard InChI is InChI=1S/C22H20Cl3N3O5S2/c1-14(28(34(2,30)31)20-7-3-15(23)4-8-20)22(29)26-18-5-9-21(10-6-18)35(32,33)27-19-12-16(24)11-17(25)13-19/h3-14,27H,1-2H3,(H,26,29)/t14-/m1/s1. The second-order valence-electron chi connectivity index (χ2n) is 7.49. The summed E-state index contributed by atoms with van der Waals surface area (Å²) >= 11 is 17.7. The van der Waals surface area contributed by atoms with Crippen molar-refractivity contribution < 1.29 is 21.6 Å². The number of nitrogens with zero attached hydrogens (tertiary/aromatic N) is 1. The van der Waals surface area contributed by atoms with Crippen LogP contribution in [0.5, 0.6) is 0 Å². The first-order chi connectivity index (χ1) is 16.3. The third kappa shape index (κ3) is 7.02. The van der Waals surface area contributed by atoms with E-state index in [9.17, 15) is 21.6 Å². The molecule has 1 amide bonds. The van der Waals surface area contributed by atoms with Gasteiger partial charge in [-0.05, 0) is 73.7 Å². The average molecular weight is 577 g/mol. The molecule has 3 rings (SSSR count). The van der Waals surface area contributed by atoms with Gasteiger partial charge in [-0.1, -0.05) is 34.8 Å². The number of benzene rings is 3. The van der Waals surface area contributed by atoms with Crippen LogP contribution < -0.4 is 14.3 Å². The van der Waals surface area contributed by atoms with Gasteiger partial charge in [-0.25, -0.2) is 16.8 Å². The van der Waals surface area contributed by atoms with Gasteiger partial charge in [0.2, 0.25) is 15.9 Å². The second-order valence-corrected chi connectivity index (χ2v) is 12.3. The highest BCUT2D eigenvalue weighted by molar-refractivity contribution is 7.92. The Morgan fingerprint density at radius 1 is 0.800 bits per heavy atom. The summed E-state index contributed by atoms with van der Waals surface area (Å²) in [7, 11) is -7.77. The van der Waals surface area contributed by atoms with Crippen LogP contribution >= 0.6 is 34.8 Å². The molecule has 0 saturated carbocycles. The smallest absolute Gasteiger partial charge is 0.261 e. The maximum atomic E-state index is 12.8. The summed E-state index contributed by atoms with van der Waals surface area (Å²) in [4.78, 5) is 12.8. The Hall–Kier alpha value is -2.50. The summed E-state index contributed by atoms with van der Waals surface area (Å²) in [6, 6.07) is 14.6. The molecule has 0 unspecified atom stereocenters. The van der Waals surface area contributed by atoms with Gasteiger partial charge in [0.05, 0.1) is 22.5 Å². The highest BCUT2D eigenvalue weighted by Gasteiger charge is 2.29. The molecule has 1 atom stereocenters. The van der Waals surface area contributed by atoms with Crippen molar-refractivity contribution in [3.05, 3.63) is 81.8 Å². The summed E-state index contributed by atoms with van der Waals surface area (Å²) in [6.07, 6.45) is 0.991. The van der Waals surface area contributed by atoms with Crippen LogP contribution in [0.1, 0.15) is 6.92 Å². The zero-order valence-corrected chi connectivity index (χ0v) is 22.3. The average Bonchev–Trinajstić information content (AvgIpc) is 2.73. The third-order valence-electron chi connectivity index (χ3n) is 4.72. The van der Waals surface area contributed by atoms with E-state index in [2.05, 4.69) is 10.0 Å². The predicted octanol–water partition coefficient (Wildman–Crippen LogP) is 5.24. The highest BCUT2D eigenvalue weighted by Crippen LogP contribution is 2.26.